The lowest BCUT2D eigenvalue weighted by molar-refractivity contribution is -0.183. The van der Waals surface area contributed by atoms with Gasteiger partial charge in [-0.2, -0.15) is 0 Å². The molecule has 0 unspecified atom stereocenters. The topological polar surface area (TPSA) is 71.1 Å². The van der Waals surface area contributed by atoms with E-state index in [-0.39, 0.29) is 13.2 Å². The summed E-state index contributed by atoms with van der Waals surface area (Å²) in [5.41, 5.74) is 0. The van der Waals surface area contributed by atoms with E-state index in [0.29, 0.717) is 6.42 Å². The summed E-state index contributed by atoms with van der Waals surface area (Å²) in [7, 11) is 0. The summed E-state index contributed by atoms with van der Waals surface area (Å²) in [5, 5.41) is 0. The van der Waals surface area contributed by atoms with Gasteiger partial charge in [0.05, 0.1) is 13.2 Å². The Bertz CT molecular complexity index is 301. The van der Waals surface area contributed by atoms with Crippen molar-refractivity contribution in [2.45, 2.75) is 58.5 Å². The molecule has 1 heterocycles. The zero-order valence-electron chi connectivity index (χ0n) is 11.9. The predicted molar refractivity (Wildman–Crippen MR) is 66.3 cm³/mol. The highest BCUT2D eigenvalue weighted by molar-refractivity contribution is 5.86. The number of rotatable bonds is 6. The second-order valence-electron chi connectivity index (χ2n) is 4.46. The molecule has 0 aromatic heterocycles. The van der Waals surface area contributed by atoms with Crippen molar-refractivity contribution in [2.75, 3.05) is 13.2 Å². The van der Waals surface area contributed by atoms with Gasteiger partial charge >= 0.3 is 11.9 Å². The maximum atomic E-state index is 11.8. The molecular formula is C13H22O6. The zero-order chi connectivity index (χ0) is 14.5. The van der Waals surface area contributed by atoms with Gasteiger partial charge in [0.2, 0.25) is 0 Å². The molecule has 1 aliphatic heterocycles. The van der Waals surface area contributed by atoms with Crippen LogP contribution in [-0.4, -0.2) is 43.1 Å². The molecule has 1 fully saturated rings. The van der Waals surface area contributed by atoms with Crippen LogP contribution in [0.2, 0.25) is 0 Å². The monoisotopic (exact) mass is 274 g/mol. The fourth-order valence-corrected chi connectivity index (χ4v) is 2.05. The van der Waals surface area contributed by atoms with E-state index in [9.17, 15) is 9.59 Å². The Labute approximate surface area is 113 Å². The van der Waals surface area contributed by atoms with Gasteiger partial charge in [-0.05, 0) is 20.8 Å². The molecule has 0 aliphatic carbocycles. The van der Waals surface area contributed by atoms with Crippen molar-refractivity contribution in [2.24, 2.45) is 0 Å². The van der Waals surface area contributed by atoms with Gasteiger partial charge in [-0.1, -0.05) is 13.3 Å². The first-order chi connectivity index (χ1) is 8.97. The van der Waals surface area contributed by atoms with Gasteiger partial charge in [-0.25, -0.2) is 9.59 Å². The molecule has 110 valence electrons. The fraction of sp³-hybridized carbons (Fsp3) is 0.846. The summed E-state index contributed by atoms with van der Waals surface area (Å²) in [5.74, 6) is -2.15. The first kappa shape index (κ1) is 15.9. The molecule has 1 saturated heterocycles. The van der Waals surface area contributed by atoms with E-state index in [0.717, 1.165) is 6.42 Å². The number of esters is 2. The molecule has 0 aromatic carbocycles. The van der Waals surface area contributed by atoms with Gasteiger partial charge in [-0.3, -0.25) is 0 Å². The number of hydrogen-bond acceptors (Lipinski definition) is 6. The largest absolute Gasteiger partial charge is 0.464 e. The van der Waals surface area contributed by atoms with Crippen molar-refractivity contribution < 1.29 is 28.5 Å². The zero-order valence-corrected chi connectivity index (χ0v) is 11.9. The van der Waals surface area contributed by atoms with Crippen LogP contribution in [0.5, 0.6) is 0 Å². The van der Waals surface area contributed by atoms with E-state index in [1.807, 2.05) is 6.92 Å². The van der Waals surface area contributed by atoms with Crippen LogP contribution in [0.3, 0.4) is 0 Å². The third-order valence-electron chi connectivity index (χ3n) is 2.77. The van der Waals surface area contributed by atoms with Gasteiger partial charge < -0.3 is 18.9 Å². The van der Waals surface area contributed by atoms with E-state index in [2.05, 4.69) is 0 Å². The van der Waals surface area contributed by atoms with Crippen LogP contribution in [0.25, 0.3) is 0 Å². The van der Waals surface area contributed by atoms with Crippen LogP contribution in [0.15, 0.2) is 0 Å². The summed E-state index contributed by atoms with van der Waals surface area (Å²) in [4.78, 5) is 23.6. The van der Waals surface area contributed by atoms with Gasteiger partial charge in [0, 0.05) is 6.42 Å². The number of carbonyl (C=O) groups excluding carboxylic acids is 2. The predicted octanol–water partition coefficient (Wildman–Crippen LogP) is 1.41. The Hall–Kier alpha value is -1.14. The lowest BCUT2D eigenvalue weighted by Gasteiger charge is -2.22. The summed E-state index contributed by atoms with van der Waals surface area (Å²) in [6.45, 7) is 7.51. The van der Waals surface area contributed by atoms with Crippen LogP contribution in [0.1, 0.15) is 40.5 Å². The van der Waals surface area contributed by atoms with Gasteiger partial charge in [0.1, 0.15) is 0 Å². The molecule has 0 amide bonds. The SMILES string of the molecule is CCCC1(C)O[C@@H](C(=O)OCC)[C@H](C(=O)OCC)O1. The van der Waals surface area contributed by atoms with Crippen molar-refractivity contribution in [3.63, 3.8) is 0 Å². The van der Waals surface area contributed by atoms with Crippen molar-refractivity contribution >= 4 is 11.9 Å². The summed E-state index contributed by atoms with van der Waals surface area (Å²) in [6, 6.07) is 0. The van der Waals surface area contributed by atoms with Crippen molar-refractivity contribution in [3.05, 3.63) is 0 Å². The lowest BCUT2D eigenvalue weighted by Crippen LogP contribution is -2.39. The van der Waals surface area contributed by atoms with Crippen LogP contribution < -0.4 is 0 Å². The van der Waals surface area contributed by atoms with E-state index in [1.54, 1.807) is 20.8 Å². The fourth-order valence-electron chi connectivity index (χ4n) is 2.05. The second kappa shape index (κ2) is 6.86. The number of carbonyl (C=O) groups is 2. The molecule has 0 spiro atoms. The average Bonchev–Trinajstić information content (AvgIpc) is 2.69. The molecule has 0 radical (unpaired) electrons. The number of ether oxygens (including phenoxy) is 4. The molecule has 0 N–H and O–H groups in total. The molecule has 0 saturated carbocycles. The van der Waals surface area contributed by atoms with Gasteiger partial charge in [0.15, 0.2) is 18.0 Å². The van der Waals surface area contributed by atoms with E-state index in [1.165, 1.54) is 0 Å². The second-order valence-corrected chi connectivity index (χ2v) is 4.46. The van der Waals surface area contributed by atoms with Crippen molar-refractivity contribution in [1.82, 2.24) is 0 Å². The third-order valence-corrected chi connectivity index (χ3v) is 2.77. The molecule has 0 bridgehead atoms. The van der Waals surface area contributed by atoms with Crippen molar-refractivity contribution in [3.8, 4) is 0 Å². The summed E-state index contributed by atoms with van der Waals surface area (Å²) >= 11 is 0. The van der Waals surface area contributed by atoms with Gasteiger partial charge in [-0.15, -0.1) is 0 Å². The molecule has 19 heavy (non-hydrogen) atoms. The Morgan fingerprint density at radius 3 is 1.74 bits per heavy atom. The third kappa shape index (κ3) is 3.91. The van der Waals surface area contributed by atoms with Crippen LogP contribution in [0.4, 0.5) is 0 Å². The first-order valence-electron chi connectivity index (χ1n) is 6.66. The minimum Gasteiger partial charge on any atom is -0.464 e. The van der Waals surface area contributed by atoms with E-state index in [4.69, 9.17) is 18.9 Å². The van der Waals surface area contributed by atoms with Crippen LogP contribution in [-0.2, 0) is 28.5 Å². The molecule has 1 rings (SSSR count). The maximum Gasteiger partial charge on any atom is 0.338 e. The minimum absolute atomic E-state index is 0.221. The number of hydrogen-bond donors (Lipinski definition) is 0. The molecule has 1 aliphatic rings. The van der Waals surface area contributed by atoms with Gasteiger partial charge in [0.25, 0.3) is 0 Å². The van der Waals surface area contributed by atoms with E-state index >= 15 is 0 Å². The Balaban J connectivity index is 2.84. The smallest absolute Gasteiger partial charge is 0.338 e. The maximum absolute atomic E-state index is 11.8. The Kier molecular flexibility index (Phi) is 5.75. The van der Waals surface area contributed by atoms with Crippen LogP contribution >= 0.6 is 0 Å². The molecule has 6 nitrogen and oxygen atoms in total. The average molecular weight is 274 g/mol. The first-order valence-corrected chi connectivity index (χ1v) is 6.66. The van der Waals surface area contributed by atoms with E-state index < -0.39 is 29.9 Å². The molecule has 0 aromatic rings. The van der Waals surface area contributed by atoms with Crippen molar-refractivity contribution in [1.29, 1.82) is 0 Å². The Morgan fingerprint density at radius 1 is 1.00 bits per heavy atom. The summed E-state index contributed by atoms with van der Waals surface area (Å²) in [6.07, 6.45) is -0.730. The molecular weight excluding hydrogens is 252 g/mol. The summed E-state index contributed by atoms with van der Waals surface area (Å²) < 4.78 is 21.0. The standard InChI is InChI=1S/C13H22O6/c1-5-8-13(4)18-9(11(14)16-6-2)10(19-13)12(15)17-7-3/h9-10H,5-8H2,1-4H3/t9-,10-/m1/s1. The highest BCUT2D eigenvalue weighted by Gasteiger charge is 2.52. The quantitative estimate of drug-likeness (QED) is 0.682. The minimum atomic E-state index is -1.06. The normalized spacial score (nSPS) is 25.1. The molecule has 6 heteroatoms. The van der Waals surface area contributed by atoms with Crippen LogP contribution in [0, 0.1) is 0 Å². The Morgan fingerprint density at radius 2 is 1.42 bits per heavy atom. The highest BCUT2D eigenvalue weighted by Crippen LogP contribution is 2.33. The highest BCUT2D eigenvalue weighted by atomic mass is 16.8. The lowest BCUT2D eigenvalue weighted by atomic mass is 10.2. The molecule has 2 atom stereocenters.